The molecule has 1 N–H and O–H groups in total. The molecule has 1 rings (SSSR count). The number of carbonyl (C=O) groups excluding carboxylic acids is 1. The number of benzene rings is 1. The quantitative estimate of drug-likeness (QED) is 0.869. The van der Waals surface area contributed by atoms with Crippen molar-refractivity contribution < 1.29 is 24.2 Å². The average Bonchev–Trinajstić information content (AvgIpc) is 2.41. The molecule has 0 aliphatic rings. The molecular weight excluding hydrogens is 298 g/mol. The summed E-state index contributed by atoms with van der Waals surface area (Å²) in [5.74, 6) is -0.739. The molecule has 6 nitrogen and oxygen atoms in total. The highest BCUT2D eigenvalue weighted by atomic mass is 16.6. The first kappa shape index (κ1) is 18.8. The third-order valence-electron chi connectivity index (χ3n) is 3.02. The minimum atomic E-state index is -1.04. The molecule has 128 valence electrons. The lowest BCUT2D eigenvalue weighted by Gasteiger charge is -2.26. The number of aryl methyl sites for hydroxylation is 1. The molecule has 0 aliphatic carbocycles. The summed E-state index contributed by atoms with van der Waals surface area (Å²) in [4.78, 5) is 24.7. The zero-order valence-electron chi connectivity index (χ0n) is 14.4. The van der Waals surface area contributed by atoms with E-state index in [0.29, 0.717) is 18.8 Å². The Kier molecular flexibility index (Phi) is 6.42. The van der Waals surface area contributed by atoms with Gasteiger partial charge in [-0.25, -0.2) is 9.59 Å². The van der Waals surface area contributed by atoms with Gasteiger partial charge in [-0.3, -0.25) is 0 Å². The number of carboxylic acids is 1. The molecule has 1 aromatic carbocycles. The number of hydrogen-bond donors (Lipinski definition) is 1. The number of rotatable bonds is 6. The zero-order chi connectivity index (χ0) is 17.6. The van der Waals surface area contributed by atoms with Crippen molar-refractivity contribution in [3.8, 4) is 5.75 Å². The Balaban J connectivity index is 2.66. The zero-order valence-corrected chi connectivity index (χ0v) is 14.4. The standard InChI is InChI=1S/C17H25NO5/c1-6-18(16(21)23-17(3,4)5)9-10-22-14-11-12(2)7-8-13(14)15(19)20/h7-8,11H,6,9-10H2,1-5H3,(H,19,20). The molecule has 0 saturated heterocycles. The number of carbonyl (C=O) groups is 2. The van der Waals surface area contributed by atoms with E-state index in [2.05, 4.69) is 0 Å². The van der Waals surface area contributed by atoms with E-state index in [1.54, 1.807) is 32.9 Å². The van der Waals surface area contributed by atoms with Crippen LogP contribution in [0, 0.1) is 6.92 Å². The van der Waals surface area contributed by atoms with E-state index in [0.717, 1.165) is 5.56 Å². The summed E-state index contributed by atoms with van der Waals surface area (Å²) in [5.41, 5.74) is 0.457. The lowest BCUT2D eigenvalue weighted by Crippen LogP contribution is -2.39. The van der Waals surface area contributed by atoms with Crippen molar-refractivity contribution in [3.05, 3.63) is 29.3 Å². The molecule has 0 aliphatic heterocycles. The summed E-state index contributed by atoms with van der Waals surface area (Å²) in [6.07, 6.45) is -0.411. The molecule has 0 saturated carbocycles. The van der Waals surface area contributed by atoms with E-state index >= 15 is 0 Å². The van der Waals surface area contributed by atoms with Crippen LogP contribution >= 0.6 is 0 Å². The van der Waals surface area contributed by atoms with E-state index in [4.69, 9.17) is 14.6 Å². The highest BCUT2D eigenvalue weighted by molar-refractivity contribution is 5.90. The summed E-state index contributed by atoms with van der Waals surface area (Å²) >= 11 is 0. The molecule has 0 heterocycles. The van der Waals surface area contributed by atoms with Crippen molar-refractivity contribution >= 4 is 12.1 Å². The second kappa shape index (κ2) is 7.85. The fourth-order valence-electron chi connectivity index (χ4n) is 1.90. The molecule has 0 aromatic heterocycles. The van der Waals surface area contributed by atoms with Gasteiger partial charge in [-0.1, -0.05) is 6.07 Å². The lowest BCUT2D eigenvalue weighted by atomic mass is 10.1. The van der Waals surface area contributed by atoms with Gasteiger partial charge in [0.2, 0.25) is 0 Å². The van der Waals surface area contributed by atoms with Crippen LogP contribution in [-0.2, 0) is 4.74 Å². The van der Waals surface area contributed by atoms with Gasteiger partial charge in [-0.05, 0) is 52.3 Å². The largest absolute Gasteiger partial charge is 0.491 e. The van der Waals surface area contributed by atoms with Crippen LogP contribution < -0.4 is 4.74 Å². The Morgan fingerprint density at radius 1 is 1.26 bits per heavy atom. The Labute approximate surface area is 137 Å². The molecule has 0 unspecified atom stereocenters. The SMILES string of the molecule is CCN(CCOc1cc(C)ccc1C(=O)O)C(=O)OC(C)(C)C. The van der Waals surface area contributed by atoms with E-state index in [-0.39, 0.29) is 12.2 Å². The maximum Gasteiger partial charge on any atom is 0.410 e. The van der Waals surface area contributed by atoms with E-state index in [1.807, 2.05) is 13.8 Å². The molecule has 1 aromatic rings. The van der Waals surface area contributed by atoms with Gasteiger partial charge < -0.3 is 19.5 Å². The number of nitrogens with zero attached hydrogens (tertiary/aromatic N) is 1. The van der Waals surface area contributed by atoms with Gasteiger partial charge in [0.15, 0.2) is 0 Å². The lowest BCUT2D eigenvalue weighted by molar-refractivity contribution is 0.0236. The molecular formula is C17H25NO5. The summed E-state index contributed by atoms with van der Waals surface area (Å²) in [5, 5.41) is 9.16. The Hall–Kier alpha value is -2.24. The number of likely N-dealkylation sites (N-methyl/N-ethyl adjacent to an activating group) is 1. The van der Waals surface area contributed by atoms with Crippen LogP contribution in [0.25, 0.3) is 0 Å². The first-order valence-corrected chi connectivity index (χ1v) is 7.58. The predicted octanol–water partition coefficient (Wildman–Crippen LogP) is 3.33. The molecule has 23 heavy (non-hydrogen) atoms. The van der Waals surface area contributed by atoms with E-state index < -0.39 is 17.7 Å². The number of aromatic carboxylic acids is 1. The summed E-state index contributed by atoms with van der Waals surface area (Å²) in [6, 6.07) is 4.90. The first-order valence-electron chi connectivity index (χ1n) is 7.58. The average molecular weight is 323 g/mol. The monoisotopic (exact) mass is 323 g/mol. The van der Waals surface area contributed by atoms with E-state index in [9.17, 15) is 9.59 Å². The van der Waals surface area contributed by atoms with Crippen LogP contribution in [0.1, 0.15) is 43.6 Å². The van der Waals surface area contributed by atoms with Crippen molar-refractivity contribution in [1.29, 1.82) is 0 Å². The van der Waals surface area contributed by atoms with Crippen molar-refractivity contribution in [2.45, 2.75) is 40.2 Å². The van der Waals surface area contributed by atoms with Crippen LogP contribution in [0.15, 0.2) is 18.2 Å². The minimum absolute atomic E-state index is 0.107. The van der Waals surface area contributed by atoms with Gasteiger partial charge in [-0.15, -0.1) is 0 Å². The summed E-state index contributed by atoms with van der Waals surface area (Å²) < 4.78 is 10.9. The highest BCUT2D eigenvalue weighted by Crippen LogP contribution is 2.20. The van der Waals surface area contributed by atoms with Gasteiger partial charge >= 0.3 is 12.1 Å². The molecule has 0 spiro atoms. The third kappa shape index (κ3) is 6.18. The molecule has 0 atom stereocenters. The normalized spacial score (nSPS) is 11.0. The van der Waals surface area contributed by atoms with Gasteiger partial charge in [0, 0.05) is 6.54 Å². The molecule has 1 amide bonds. The maximum absolute atomic E-state index is 12.0. The second-order valence-corrected chi connectivity index (χ2v) is 6.21. The van der Waals surface area contributed by atoms with Gasteiger partial charge in [0.05, 0.1) is 6.54 Å². The molecule has 0 bridgehead atoms. The molecule has 0 radical (unpaired) electrons. The van der Waals surface area contributed by atoms with Crippen molar-refractivity contribution in [1.82, 2.24) is 4.90 Å². The maximum atomic E-state index is 12.0. The predicted molar refractivity (Wildman–Crippen MR) is 87.1 cm³/mol. The number of amides is 1. The second-order valence-electron chi connectivity index (χ2n) is 6.21. The van der Waals surface area contributed by atoms with Crippen molar-refractivity contribution in [2.75, 3.05) is 19.7 Å². The number of hydrogen-bond acceptors (Lipinski definition) is 4. The molecule has 0 fully saturated rings. The van der Waals surface area contributed by atoms with E-state index in [1.165, 1.54) is 11.0 Å². The van der Waals surface area contributed by atoms with Crippen molar-refractivity contribution in [3.63, 3.8) is 0 Å². The first-order chi connectivity index (χ1) is 10.6. The van der Waals surface area contributed by atoms with Crippen LogP contribution in [0.2, 0.25) is 0 Å². The van der Waals surface area contributed by atoms with Crippen LogP contribution in [0.4, 0.5) is 4.79 Å². The minimum Gasteiger partial charge on any atom is -0.491 e. The smallest absolute Gasteiger partial charge is 0.410 e. The van der Waals surface area contributed by atoms with Crippen LogP contribution in [0.5, 0.6) is 5.75 Å². The Bertz CT molecular complexity index is 563. The van der Waals surface area contributed by atoms with Crippen LogP contribution in [0.3, 0.4) is 0 Å². The Morgan fingerprint density at radius 2 is 1.91 bits per heavy atom. The third-order valence-corrected chi connectivity index (χ3v) is 3.02. The van der Waals surface area contributed by atoms with Gasteiger partial charge in [0.1, 0.15) is 23.5 Å². The summed E-state index contributed by atoms with van der Waals surface area (Å²) in [7, 11) is 0. The number of ether oxygens (including phenoxy) is 2. The van der Waals surface area contributed by atoms with Crippen molar-refractivity contribution in [2.24, 2.45) is 0 Å². The number of carboxylic acid groups (broad SMARTS) is 1. The van der Waals surface area contributed by atoms with Gasteiger partial charge in [-0.2, -0.15) is 0 Å². The Morgan fingerprint density at radius 3 is 2.43 bits per heavy atom. The van der Waals surface area contributed by atoms with Gasteiger partial charge in [0.25, 0.3) is 0 Å². The fraction of sp³-hybridized carbons (Fsp3) is 0.529. The van der Waals surface area contributed by atoms with Crippen LogP contribution in [-0.4, -0.2) is 47.4 Å². The molecule has 6 heteroatoms. The highest BCUT2D eigenvalue weighted by Gasteiger charge is 2.21. The summed E-state index contributed by atoms with van der Waals surface area (Å²) in [6.45, 7) is 10.1. The topological polar surface area (TPSA) is 76.1 Å². The fourth-order valence-corrected chi connectivity index (χ4v) is 1.90.